The van der Waals surface area contributed by atoms with E-state index in [1.54, 1.807) is 0 Å². The van der Waals surface area contributed by atoms with Gasteiger partial charge in [-0.15, -0.1) is 10.2 Å². The second-order valence-electron chi connectivity index (χ2n) is 7.45. The highest BCUT2D eigenvalue weighted by Gasteiger charge is 2.15. The smallest absolute Gasteiger partial charge is 0.191 e. The number of guanidine groups is 1. The lowest BCUT2D eigenvalue weighted by atomic mass is 10.1. The van der Waals surface area contributed by atoms with Crippen LogP contribution < -0.4 is 10.6 Å². The molecule has 1 fully saturated rings. The summed E-state index contributed by atoms with van der Waals surface area (Å²) in [4.78, 5) is 4.70. The zero-order chi connectivity index (χ0) is 19.3. The summed E-state index contributed by atoms with van der Waals surface area (Å²) in [6.45, 7) is 7.37. The van der Waals surface area contributed by atoms with Crippen molar-refractivity contribution in [3.8, 4) is 0 Å². The van der Waals surface area contributed by atoms with E-state index in [9.17, 15) is 0 Å². The van der Waals surface area contributed by atoms with Crippen molar-refractivity contribution in [2.45, 2.75) is 84.3 Å². The fourth-order valence-electron chi connectivity index (χ4n) is 3.22. The van der Waals surface area contributed by atoms with E-state index in [2.05, 4.69) is 27.8 Å². The molecular weight excluding hydrogens is 340 g/mol. The lowest BCUT2D eigenvalue weighted by molar-refractivity contribution is 0.114. The van der Waals surface area contributed by atoms with E-state index in [1.165, 1.54) is 44.9 Å². The first-order valence-corrected chi connectivity index (χ1v) is 10.7. The third kappa shape index (κ3) is 8.28. The van der Waals surface area contributed by atoms with E-state index in [4.69, 9.17) is 9.73 Å². The van der Waals surface area contributed by atoms with Crippen LogP contribution in [0.1, 0.15) is 76.4 Å². The summed E-state index contributed by atoms with van der Waals surface area (Å²) in [5.74, 6) is 2.63. The normalized spacial score (nSPS) is 17.4. The van der Waals surface area contributed by atoms with Gasteiger partial charge in [-0.05, 0) is 26.2 Å². The fourth-order valence-corrected chi connectivity index (χ4v) is 3.22. The van der Waals surface area contributed by atoms with Crippen molar-refractivity contribution in [2.75, 3.05) is 19.7 Å². The predicted molar refractivity (Wildman–Crippen MR) is 110 cm³/mol. The number of unbranched alkanes of at least 4 members (excludes halogenated alkanes) is 6. The molecule has 1 atom stereocenters. The van der Waals surface area contributed by atoms with E-state index < -0.39 is 0 Å². The number of nitrogens with one attached hydrogen (secondary N) is 2. The molecule has 0 spiro atoms. The first kappa shape index (κ1) is 21.7. The van der Waals surface area contributed by atoms with Crippen LogP contribution in [-0.4, -0.2) is 46.5 Å². The van der Waals surface area contributed by atoms with Crippen LogP contribution in [-0.2, 0) is 18.3 Å². The number of nitrogens with zero attached hydrogens (tertiary/aromatic N) is 4. The zero-order valence-corrected chi connectivity index (χ0v) is 17.5. The van der Waals surface area contributed by atoms with Gasteiger partial charge in [-0.25, -0.2) is 4.99 Å². The summed E-state index contributed by atoms with van der Waals surface area (Å²) < 4.78 is 7.69. The van der Waals surface area contributed by atoms with Crippen LogP contribution in [0.25, 0.3) is 0 Å². The molecule has 0 bridgehead atoms. The first-order chi connectivity index (χ1) is 13.2. The topological polar surface area (TPSA) is 76.4 Å². The Morgan fingerprint density at radius 2 is 1.93 bits per heavy atom. The number of aryl methyl sites for hydroxylation is 1. The average molecular weight is 379 g/mol. The molecule has 1 saturated heterocycles. The molecule has 1 unspecified atom stereocenters. The Kier molecular flexibility index (Phi) is 10.2. The molecule has 0 saturated carbocycles. The fraction of sp³-hybridized carbons (Fsp3) is 0.850. The summed E-state index contributed by atoms with van der Waals surface area (Å²) >= 11 is 0. The van der Waals surface area contributed by atoms with Crippen LogP contribution in [0.4, 0.5) is 0 Å². The standard InChI is InChI=1S/C20H38N6O/c1-4-5-6-7-8-9-10-13-21-20(22-15-18-12-11-14-27-18)23-16-19-25-24-17(2)26(19)3/h18H,4-16H2,1-3H3,(H2,21,22,23). The number of hydrogen-bond acceptors (Lipinski definition) is 4. The maximum absolute atomic E-state index is 5.71. The summed E-state index contributed by atoms with van der Waals surface area (Å²) in [6, 6.07) is 0. The van der Waals surface area contributed by atoms with Crippen LogP contribution in [0.3, 0.4) is 0 Å². The van der Waals surface area contributed by atoms with Gasteiger partial charge >= 0.3 is 0 Å². The van der Waals surface area contributed by atoms with Gasteiger partial charge in [0.2, 0.25) is 0 Å². The van der Waals surface area contributed by atoms with Crippen molar-refractivity contribution in [1.29, 1.82) is 0 Å². The molecule has 1 aliphatic heterocycles. The number of aliphatic imine (C=N–C) groups is 1. The Morgan fingerprint density at radius 3 is 2.59 bits per heavy atom. The molecule has 1 aliphatic rings. The summed E-state index contributed by atoms with van der Waals surface area (Å²) in [7, 11) is 1.98. The molecule has 2 N–H and O–H groups in total. The van der Waals surface area contributed by atoms with E-state index in [0.29, 0.717) is 12.6 Å². The van der Waals surface area contributed by atoms with Gasteiger partial charge in [-0.1, -0.05) is 45.4 Å². The zero-order valence-electron chi connectivity index (χ0n) is 17.5. The quantitative estimate of drug-likeness (QED) is 0.332. The van der Waals surface area contributed by atoms with Gasteiger partial charge in [0, 0.05) is 26.7 Å². The summed E-state index contributed by atoms with van der Waals surface area (Å²) in [6.07, 6.45) is 11.8. The molecule has 2 heterocycles. The minimum Gasteiger partial charge on any atom is -0.376 e. The molecule has 154 valence electrons. The lowest BCUT2D eigenvalue weighted by Crippen LogP contribution is -2.41. The minimum absolute atomic E-state index is 0.299. The molecule has 0 radical (unpaired) electrons. The van der Waals surface area contributed by atoms with Gasteiger partial charge in [0.05, 0.1) is 6.10 Å². The molecule has 7 nitrogen and oxygen atoms in total. The van der Waals surface area contributed by atoms with Crippen molar-refractivity contribution in [1.82, 2.24) is 25.4 Å². The summed E-state index contributed by atoms with van der Waals surface area (Å²) in [5, 5.41) is 15.2. The Morgan fingerprint density at radius 1 is 1.15 bits per heavy atom. The van der Waals surface area contributed by atoms with Crippen molar-refractivity contribution in [2.24, 2.45) is 12.0 Å². The second kappa shape index (κ2) is 12.7. The van der Waals surface area contributed by atoms with Gasteiger partial charge in [-0.2, -0.15) is 0 Å². The number of ether oxygens (including phenoxy) is 1. The third-order valence-corrected chi connectivity index (χ3v) is 5.16. The van der Waals surface area contributed by atoms with Crippen molar-refractivity contribution in [3.63, 3.8) is 0 Å². The van der Waals surface area contributed by atoms with Gasteiger partial charge in [0.1, 0.15) is 12.4 Å². The maximum atomic E-state index is 5.71. The Bertz CT molecular complexity index is 551. The van der Waals surface area contributed by atoms with E-state index in [0.717, 1.165) is 50.1 Å². The predicted octanol–water partition coefficient (Wildman–Crippen LogP) is 3.09. The van der Waals surface area contributed by atoms with Gasteiger partial charge in [0.15, 0.2) is 11.8 Å². The van der Waals surface area contributed by atoms with Gasteiger partial charge < -0.3 is 19.9 Å². The molecule has 0 aliphatic carbocycles. The van der Waals surface area contributed by atoms with Crippen molar-refractivity contribution < 1.29 is 4.74 Å². The highest BCUT2D eigenvalue weighted by molar-refractivity contribution is 5.79. The molecule has 1 aromatic rings. The number of hydrogen-bond donors (Lipinski definition) is 2. The van der Waals surface area contributed by atoms with Crippen LogP contribution in [0, 0.1) is 6.92 Å². The van der Waals surface area contributed by atoms with Gasteiger partial charge in [0.25, 0.3) is 0 Å². The molecular formula is C20H38N6O. The molecule has 0 amide bonds. The Balaban J connectivity index is 1.74. The van der Waals surface area contributed by atoms with Crippen LogP contribution in [0.15, 0.2) is 4.99 Å². The van der Waals surface area contributed by atoms with Crippen LogP contribution >= 0.6 is 0 Å². The molecule has 0 aromatic carbocycles. The number of aromatic nitrogens is 3. The SMILES string of the molecule is CCCCCCCCCNC(=NCc1nnc(C)n1C)NCC1CCCO1. The monoisotopic (exact) mass is 378 g/mol. The lowest BCUT2D eigenvalue weighted by Gasteiger charge is -2.15. The number of rotatable bonds is 12. The summed E-state index contributed by atoms with van der Waals surface area (Å²) in [5.41, 5.74) is 0. The highest BCUT2D eigenvalue weighted by Crippen LogP contribution is 2.10. The van der Waals surface area contributed by atoms with Crippen molar-refractivity contribution in [3.05, 3.63) is 11.6 Å². The minimum atomic E-state index is 0.299. The molecule has 27 heavy (non-hydrogen) atoms. The first-order valence-electron chi connectivity index (χ1n) is 10.7. The molecule has 7 heteroatoms. The Hall–Kier alpha value is -1.63. The van der Waals surface area contributed by atoms with E-state index >= 15 is 0 Å². The van der Waals surface area contributed by atoms with Crippen molar-refractivity contribution >= 4 is 5.96 Å². The van der Waals surface area contributed by atoms with Crippen LogP contribution in [0.2, 0.25) is 0 Å². The van der Waals surface area contributed by atoms with Gasteiger partial charge in [-0.3, -0.25) is 0 Å². The molecule has 1 aromatic heterocycles. The largest absolute Gasteiger partial charge is 0.376 e. The average Bonchev–Trinajstić information content (AvgIpc) is 3.30. The second-order valence-corrected chi connectivity index (χ2v) is 7.45. The molecule has 2 rings (SSSR count). The van der Waals surface area contributed by atoms with Crippen LogP contribution in [0.5, 0.6) is 0 Å². The Labute approximate surface area is 164 Å². The van der Waals surface area contributed by atoms with E-state index in [-0.39, 0.29) is 0 Å². The highest BCUT2D eigenvalue weighted by atomic mass is 16.5. The third-order valence-electron chi connectivity index (χ3n) is 5.16. The maximum Gasteiger partial charge on any atom is 0.191 e. The van der Waals surface area contributed by atoms with E-state index in [1.807, 2.05) is 18.5 Å².